The fourth-order valence-corrected chi connectivity index (χ4v) is 2.64. The maximum Gasteiger partial charge on any atom is 0.315 e. The Morgan fingerprint density at radius 1 is 1.08 bits per heavy atom. The zero-order chi connectivity index (χ0) is 18.4. The average Bonchev–Trinajstić information content (AvgIpc) is 2.96. The van der Waals surface area contributed by atoms with Gasteiger partial charge in [-0.25, -0.2) is 4.79 Å². The van der Waals surface area contributed by atoms with Gasteiger partial charge < -0.3 is 20.9 Å². The van der Waals surface area contributed by atoms with Crippen LogP contribution >= 0.6 is 0 Å². The summed E-state index contributed by atoms with van der Waals surface area (Å²) in [6.45, 7) is 7.74. The van der Waals surface area contributed by atoms with E-state index in [2.05, 4.69) is 20.9 Å². The van der Waals surface area contributed by atoms with Crippen LogP contribution in [0.1, 0.15) is 39.7 Å². The molecule has 2 rings (SSSR count). The van der Waals surface area contributed by atoms with E-state index in [-0.39, 0.29) is 24.0 Å². The van der Waals surface area contributed by atoms with E-state index in [9.17, 15) is 9.59 Å². The molecule has 1 heterocycles. The van der Waals surface area contributed by atoms with E-state index in [4.69, 9.17) is 0 Å². The number of benzene rings is 1. The Bertz CT molecular complexity index is 723. The molecular formula is C19H28N4O2. The standard InChI is InChI=1S/C19H28N4O2/c1-5-13(4)22-19(25)23-17(18(24)21-12(2)3)10-14-11-20-16-9-7-6-8-15(14)16/h6-9,11-13,17,20H,5,10H2,1-4H3,(H,21,24)(H2,22,23,25). The van der Waals surface area contributed by atoms with Gasteiger partial charge in [-0.3, -0.25) is 4.79 Å². The number of para-hydroxylation sites is 1. The summed E-state index contributed by atoms with van der Waals surface area (Å²) in [6, 6.07) is 7.04. The Morgan fingerprint density at radius 2 is 1.80 bits per heavy atom. The summed E-state index contributed by atoms with van der Waals surface area (Å²) in [6.07, 6.45) is 3.16. The van der Waals surface area contributed by atoms with Gasteiger partial charge in [0.15, 0.2) is 0 Å². The van der Waals surface area contributed by atoms with Crippen LogP contribution in [0.4, 0.5) is 4.79 Å². The van der Waals surface area contributed by atoms with Crippen molar-refractivity contribution in [1.29, 1.82) is 0 Å². The molecule has 6 nitrogen and oxygen atoms in total. The summed E-state index contributed by atoms with van der Waals surface area (Å²) in [5, 5.41) is 9.61. The lowest BCUT2D eigenvalue weighted by Crippen LogP contribution is -2.53. The van der Waals surface area contributed by atoms with Gasteiger partial charge in [0.2, 0.25) is 5.91 Å². The van der Waals surface area contributed by atoms with Crippen LogP contribution in [0.15, 0.2) is 30.5 Å². The molecule has 0 bridgehead atoms. The van der Waals surface area contributed by atoms with E-state index in [0.717, 1.165) is 22.9 Å². The minimum absolute atomic E-state index is 0.0115. The highest BCUT2D eigenvalue weighted by Gasteiger charge is 2.23. The van der Waals surface area contributed by atoms with Gasteiger partial charge in [0.1, 0.15) is 6.04 Å². The van der Waals surface area contributed by atoms with Gasteiger partial charge in [0.05, 0.1) is 0 Å². The van der Waals surface area contributed by atoms with E-state index in [1.165, 1.54) is 0 Å². The van der Waals surface area contributed by atoms with Gasteiger partial charge in [-0.1, -0.05) is 25.1 Å². The molecule has 6 heteroatoms. The highest BCUT2D eigenvalue weighted by molar-refractivity contribution is 5.89. The minimum atomic E-state index is -0.634. The summed E-state index contributed by atoms with van der Waals surface area (Å²) in [4.78, 5) is 27.9. The lowest BCUT2D eigenvalue weighted by atomic mass is 10.0. The van der Waals surface area contributed by atoms with E-state index in [1.54, 1.807) is 0 Å². The Kier molecular flexibility index (Phi) is 6.44. The van der Waals surface area contributed by atoms with Crippen molar-refractivity contribution in [3.8, 4) is 0 Å². The van der Waals surface area contributed by atoms with Crippen molar-refractivity contribution >= 4 is 22.8 Å². The number of nitrogens with one attached hydrogen (secondary N) is 4. The number of hydrogen-bond acceptors (Lipinski definition) is 2. The van der Waals surface area contributed by atoms with E-state index < -0.39 is 6.04 Å². The van der Waals surface area contributed by atoms with E-state index in [1.807, 2.05) is 58.2 Å². The van der Waals surface area contributed by atoms with Gasteiger partial charge in [-0.15, -0.1) is 0 Å². The second-order valence-corrected chi connectivity index (χ2v) is 6.71. The second kappa shape index (κ2) is 8.55. The predicted octanol–water partition coefficient (Wildman–Crippen LogP) is 2.70. The number of carbonyl (C=O) groups is 2. The van der Waals surface area contributed by atoms with Crippen LogP contribution in [0.3, 0.4) is 0 Å². The fraction of sp³-hybridized carbons (Fsp3) is 0.474. The first-order chi connectivity index (χ1) is 11.9. The first-order valence-corrected chi connectivity index (χ1v) is 8.83. The molecule has 0 radical (unpaired) electrons. The molecule has 0 aliphatic heterocycles. The molecule has 0 spiro atoms. The summed E-state index contributed by atoms with van der Waals surface area (Å²) >= 11 is 0. The van der Waals surface area contributed by atoms with Crippen LogP contribution in [0, 0.1) is 0 Å². The molecule has 25 heavy (non-hydrogen) atoms. The lowest BCUT2D eigenvalue weighted by Gasteiger charge is -2.21. The number of hydrogen-bond donors (Lipinski definition) is 4. The molecule has 0 saturated carbocycles. The molecule has 2 aromatic rings. The van der Waals surface area contributed by atoms with Crippen LogP contribution in [0.25, 0.3) is 10.9 Å². The predicted molar refractivity (Wildman–Crippen MR) is 100 cm³/mol. The zero-order valence-electron chi connectivity index (χ0n) is 15.3. The summed E-state index contributed by atoms with van der Waals surface area (Å²) in [7, 11) is 0. The van der Waals surface area contributed by atoms with Crippen molar-refractivity contribution in [2.24, 2.45) is 0 Å². The van der Waals surface area contributed by atoms with Crippen molar-refractivity contribution < 1.29 is 9.59 Å². The lowest BCUT2D eigenvalue weighted by molar-refractivity contribution is -0.123. The molecule has 2 atom stereocenters. The number of carbonyl (C=O) groups excluding carboxylic acids is 2. The summed E-state index contributed by atoms with van der Waals surface area (Å²) < 4.78 is 0. The number of urea groups is 1. The molecule has 3 amide bonds. The van der Waals surface area contributed by atoms with Crippen molar-refractivity contribution in [3.05, 3.63) is 36.0 Å². The smallest absolute Gasteiger partial charge is 0.315 e. The number of amides is 3. The normalized spacial score (nSPS) is 13.5. The topological polar surface area (TPSA) is 86.0 Å². The second-order valence-electron chi connectivity index (χ2n) is 6.71. The Balaban J connectivity index is 2.16. The van der Waals surface area contributed by atoms with Gasteiger partial charge in [-0.2, -0.15) is 0 Å². The monoisotopic (exact) mass is 344 g/mol. The quantitative estimate of drug-likeness (QED) is 0.622. The maximum absolute atomic E-state index is 12.5. The zero-order valence-corrected chi connectivity index (χ0v) is 15.3. The van der Waals surface area contributed by atoms with Crippen molar-refractivity contribution in [2.45, 2.75) is 58.7 Å². The highest BCUT2D eigenvalue weighted by atomic mass is 16.2. The van der Waals surface area contributed by atoms with Crippen LogP contribution < -0.4 is 16.0 Å². The van der Waals surface area contributed by atoms with Gasteiger partial charge in [-0.05, 0) is 38.8 Å². The first-order valence-electron chi connectivity index (χ1n) is 8.83. The number of fused-ring (bicyclic) bond motifs is 1. The largest absolute Gasteiger partial charge is 0.361 e. The summed E-state index contributed by atoms with van der Waals surface area (Å²) in [5.41, 5.74) is 2.02. The van der Waals surface area contributed by atoms with Crippen molar-refractivity contribution in [3.63, 3.8) is 0 Å². The van der Waals surface area contributed by atoms with Crippen LogP contribution in [-0.4, -0.2) is 35.0 Å². The Labute approximate surface area is 148 Å². The minimum Gasteiger partial charge on any atom is -0.361 e. The van der Waals surface area contributed by atoms with Gasteiger partial charge in [0.25, 0.3) is 0 Å². The summed E-state index contributed by atoms with van der Waals surface area (Å²) in [5.74, 6) is -0.181. The number of rotatable bonds is 7. The maximum atomic E-state index is 12.5. The Morgan fingerprint density at radius 3 is 2.48 bits per heavy atom. The molecule has 0 saturated heterocycles. The van der Waals surface area contributed by atoms with Crippen LogP contribution in [0.2, 0.25) is 0 Å². The third-order valence-electron chi connectivity index (χ3n) is 4.14. The number of aromatic nitrogens is 1. The van der Waals surface area contributed by atoms with E-state index in [0.29, 0.717) is 6.42 Å². The molecule has 2 unspecified atom stereocenters. The highest BCUT2D eigenvalue weighted by Crippen LogP contribution is 2.19. The molecule has 1 aromatic carbocycles. The van der Waals surface area contributed by atoms with Gasteiger partial charge >= 0.3 is 6.03 Å². The molecule has 1 aromatic heterocycles. The first kappa shape index (κ1) is 18.8. The average molecular weight is 344 g/mol. The molecule has 136 valence electrons. The SMILES string of the molecule is CCC(C)NC(=O)NC(Cc1c[nH]c2ccccc12)C(=O)NC(C)C. The molecule has 0 fully saturated rings. The molecule has 4 N–H and O–H groups in total. The van der Waals surface area contributed by atoms with Crippen LogP contribution in [0.5, 0.6) is 0 Å². The third kappa shape index (κ3) is 5.24. The van der Waals surface area contributed by atoms with Gasteiger partial charge in [0, 0.05) is 35.6 Å². The fourth-order valence-electron chi connectivity index (χ4n) is 2.64. The van der Waals surface area contributed by atoms with Crippen molar-refractivity contribution in [1.82, 2.24) is 20.9 Å². The third-order valence-corrected chi connectivity index (χ3v) is 4.14. The number of aromatic amines is 1. The van der Waals surface area contributed by atoms with Crippen LogP contribution in [-0.2, 0) is 11.2 Å². The molecule has 0 aliphatic carbocycles. The van der Waals surface area contributed by atoms with E-state index >= 15 is 0 Å². The number of H-pyrrole nitrogens is 1. The molecule has 0 aliphatic rings. The Hall–Kier alpha value is -2.50. The molecular weight excluding hydrogens is 316 g/mol. The van der Waals surface area contributed by atoms with Crippen molar-refractivity contribution in [2.75, 3.05) is 0 Å².